The van der Waals surface area contributed by atoms with E-state index in [1.54, 1.807) is 6.92 Å². The molecule has 0 fully saturated rings. The van der Waals surface area contributed by atoms with Crippen LogP contribution in [-0.4, -0.2) is 18.6 Å². The third-order valence-corrected chi connectivity index (χ3v) is 1.50. The molecule has 0 bridgehead atoms. The SMILES string of the molecule is C=CNC(C(=O)OCC)C(C)C. The van der Waals surface area contributed by atoms with Gasteiger partial charge in [0.15, 0.2) is 0 Å². The summed E-state index contributed by atoms with van der Waals surface area (Å²) < 4.78 is 4.87. The summed E-state index contributed by atoms with van der Waals surface area (Å²) in [7, 11) is 0. The van der Waals surface area contributed by atoms with E-state index in [1.165, 1.54) is 6.20 Å². The summed E-state index contributed by atoms with van der Waals surface area (Å²) in [5.41, 5.74) is 0. The molecule has 0 amide bonds. The van der Waals surface area contributed by atoms with Crippen molar-refractivity contribution in [3.05, 3.63) is 12.8 Å². The topological polar surface area (TPSA) is 38.3 Å². The summed E-state index contributed by atoms with van der Waals surface area (Å²) in [5.74, 6) is -0.00514. The maximum atomic E-state index is 11.2. The van der Waals surface area contributed by atoms with Crippen molar-refractivity contribution in [2.75, 3.05) is 6.61 Å². The maximum Gasteiger partial charge on any atom is 0.328 e. The Hall–Kier alpha value is -0.990. The average molecular weight is 171 g/mol. The maximum absolute atomic E-state index is 11.2. The van der Waals surface area contributed by atoms with Crippen LogP contribution < -0.4 is 5.32 Å². The van der Waals surface area contributed by atoms with Crippen molar-refractivity contribution in [2.24, 2.45) is 5.92 Å². The lowest BCUT2D eigenvalue weighted by Crippen LogP contribution is -2.39. The van der Waals surface area contributed by atoms with Crippen LogP contribution >= 0.6 is 0 Å². The first-order valence-electron chi connectivity index (χ1n) is 4.17. The fourth-order valence-corrected chi connectivity index (χ4v) is 0.892. The van der Waals surface area contributed by atoms with Crippen molar-refractivity contribution in [3.8, 4) is 0 Å². The number of carbonyl (C=O) groups excluding carboxylic acids is 1. The zero-order chi connectivity index (χ0) is 9.56. The molecule has 3 heteroatoms. The second kappa shape index (κ2) is 5.63. The number of rotatable bonds is 5. The molecule has 0 radical (unpaired) electrons. The Bertz CT molecular complexity index is 155. The van der Waals surface area contributed by atoms with Gasteiger partial charge in [-0.15, -0.1) is 0 Å². The normalized spacial score (nSPS) is 12.3. The number of esters is 1. The predicted molar refractivity (Wildman–Crippen MR) is 48.6 cm³/mol. The van der Waals surface area contributed by atoms with Crippen LogP contribution in [0.3, 0.4) is 0 Å². The highest BCUT2D eigenvalue weighted by Gasteiger charge is 2.21. The molecule has 0 spiro atoms. The number of carbonyl (C=O) groups is 1. The molecule has 0 aromatic heterocycles. The van der Waals surface area contributed by atoms with E-state index in [-0.39, 0.29) is 17.9 Å². The van der Waals surface area contributed by atoms with Gasteiger partial charge in [-0.05, 0) is 19.0 Å². The van der Waals surface area contributed by atoms with Gasteiger partial charge in [0.25, 0.3) is 0 Å². The fourth-order valence-electron chi connectivity index (χ4n) is 0.892. The molecule has 0 aliphatic carbocycles. The number of ether oxygens (including phenoxy) is 1. The van der Waals surface area contributed by atoms with Crippen LogP contribution in [0.25, 0.3) is 0 Å². The molecule has 0 rings (SSSR count). The van der Waals surface area contributed by atoms with E-state index in [9.17, 15) is 4.79 Å². The largest absolute Gasteiger partial charge is 0.464 e. The van der Waals surface area contributed by atoms with Crippen LogP contribution in [0.15, 0.2) is 12.8 Å². The first-order valence-corrected chi connectivity index (χ1v) is 4.17. The lowest BCUT2D eigenvalue weighted by Gasteiger charge is -2.18. The summed E-state index contributed by atoms with van der Waals surface area (Å²) >= 11 is 0. The molecule has 0 aromatic rings. The minimum Gasteiger partial charge on any atom is -0.464 e. The van der Waals surface area contributed by atoms with Gasteiger partial charge in [-0.25, -0.2) is 4.79 Å². The number of nitrogens with one attached hydrogen (secondary N) is 1. The molecule has 70 valence electrons. The molecule has 1 unspecified atom stereocenters. The van der Waals surface area contributed by atoms with Crippen molar-refractivity contribution >= 4 is 5.97 Å². The molecule has 0 saturated carbocycles. The Labute approximate surface area is 73.8 Å². The van der Waals surface area contributed by atoms with Gasteiger partial charge in [0, 0.05) is 0 Å². The van der Waals surface area contributed by atoms with E-state index >= 15 is 0 Å². The Morgan fingerprint density at radius 3 is 2.58 bits per heavy atom. The second-order valence-corrected chi connectivity index (χ2v) is 2.84. The van der Waals surface area contributed by atoms with E-state index in [4.69, 9.17) is 4.74 Å². The zero-order valence-corrected chi connectivity index (χ0v) is 7.96. The van der Waals surface area contributed by atoms with E-state index in [1.807, 2.05) is 13.8 Å². The number of hydrogen-bond donors (Lipinski definition) is 1. The number of hydrogen-bond acceptors (Lipinski definition) is 3. The van der Waals surface area contributed by atoms with E-state index in [0.717, 1.165) is 0 Å². The van der Waals surface area contributed by atoms with Gasteiger partial charge in [0.1, 0.15) is 6.04 Å². The van der Waals surface area contributed by atoms with Crippen molar-refractivity contribution in [1.29, 1.82) is 0 Å². The van der Waals surface area contributed by atoms with E-state index in [0.29, 0.717) is 6.61 Å². The van der Waals surface area contributed by atoms with Crippen molar-refractivity contribution in [3.63, 3.8) is 0 Å². The third kappa shape index (κ3) is 3.42. The molecule has 0 aliphatic heterocycles. The first kappa shape index (κ1) is 11.0. The smallest absolute Gasteiger partial charge is 0.328 e. The molecular weight excluding hydrogens is 154 g/mol. The van der Waals surface area contributed by atoms with Crippen LogP contribution in [0, 0.1) is 5.92 Å². The fraction of sp³-hybridized carbons (Fsp3) is 0.667. The minimum atomic E-state index is -0.276. The Balaban J connectivity index is 4.08. The molecule has 1 N–H and O–H groups in total. The Kier molecular flexibility index (Phi) is 5.17. The van der Waals surface area contributed by atoms with Gasteiger partial charge in [-0.1, -0.05) is 20.4 Å². The minimum absolute atomic E-state index is 0.210. The summed E-state index contributed by atoms with van der Waals surface area (Å²) in [5, 5.41) is 2.86. The third-order valence-electron chi connectivity index (χ3n) is 1.50. The summed E-state index contributed by atoms with van der Waals surface area (Å²) in [6.45, 7) is 9.63. The standard InChI is InChI=1S/C9H17NO2/c1-5-10-8(7(3)4)9(11)12-6-2/h5,7-8,10H,1,6H2,2-4H3. The van der Waals surface area contributed by atoms with E-state index < -0.39 is 0 Å². The summed E-state index contributed by atoms with van der Waals surface area (Å²) in [4.78, 5) is 11.2. The second-order valence-electron chi connectivity index (χ2n) is 2.84. The van der Waals surface area contributed by atoms with Crippen LogP contribution in [0.2, 0.25) is 0 Å². The Morgan fingerprint density at radius 1 is 1.67 bits per heavy atom. The van der Waals surface area contributed by atoms with Crippen LogP contribution in [-0.2, 0) is 9.53 Å². The first-order chi connectivity index (χ1) is 5.63. The van der Waals surface area contributed by atoms with Crippen LogP contribution in [0.4, 0.5) is 0 Å². The molecule has 0 saturated heterocycles. The molecule has 0 aromatic carbocycles. The zero-order valence-electron chi connectivity index (χ0n) is 7.96. The monoisotopic (exact) mass is 171 g/mol. The molecule has 1 atom stereocenters. The highest BCUT2D eigenvalue weighted by Crippen LogP contribution is 2.03. The lowest BCUT2D eigenvalue weighted by molar-refractivity contribution is -0.146. The predicted octanol–water partition coefficient (Wildman–Crippen LogP) is 1.31. The van der Waals surface area contributed by atoms with Crippen molar-refractivity contribution in [1.82, 2.24) is 5.32 Å². The molecule has 0 heterocycles. The molecular formula is C9H17NO2. The van der Waals surface area contributed by atoms with Gasteiger partial charge in [-0.3, -0.25) is 0 Å². The molecule has 3 nitrogen and oxygen atoms in total. The lowest BCUT2D eigenvalue weighted by atomic mass is 10.1. The van der Waals surface area contributed by atoms with Crippen molar-refractivity contribution in [2.45, 2.75) is 26.8 Å². The Morgan fingerprint density at radius 2 is 2.25 bits per heavy atom. The van der Waals surface area contributed by atoms with Crippen molar-refractivity contribution < 1.29 is 9.53 Å². The quantitative estimate of drug-likeness (QED) is 0.634. The summed E-state index contributed by atoms with van der Waals surface area (Å²) in [6.07, 6.45) is 1.52. The molecule has 0 aliphatic rings. The van der Waals surface area contributed by atoms with Gasteiger partial charge < -0.3 is 10.1 Å². The highest BCUT2D eigenvalue weighted by atomic mass is 16.5. The van der Waals surface area contributed by atoms with Gasteiger partial charge in [0.05, 0.1) is 6.61 Å². The van der Waals surface area contributed by atoms with Crippen LogP contribution in [0.5, 0.6) is 0 Å². The molecule has 12 heavy (non-hydrogen) atoms. The van der Waals surface area contributed by atoms with Gasteiger partial charge >= 0.3 is 5.97 Å². The van der Waals surface area contributed by atoms with Gasteiger partial charge in [-0.2, -0.15) is 0 Å². The highest BCUT2D eigenvalue weighted by molar-refractivity contribution is 5.76. The van der Waals surface area contributed by atoms with Crippen LogP contribution in [0.1, 0.15) is 20.8 Å². The van der Waals surface area contributed by atoms with E-state index in [2.05, 4.69) is 11.9 Å². The van der Waals surface area contributed by atoms with Gasteiger partial charge in [0.2, 0.25) is 0 Å². The summed E-state index contributed by atoms with van der Waals surface area (Å²) in [6, 6.07) is -0.276. The average Bonchev–Trinajstić information content (AvgIpc) is 1.99.